The number of piperazine rings is 1. The van der Waals surface area contributed by atoms with Crippen molar-refractivity contribution in [1.29, 1.82) is 0 Å². The SMILES string of the molecule is CCN1CCN(CC(=O)N[C@H]2C3CCCCC3[C@@H]2c2ccc(OC)c(OC)c2)CC1. The van der Waals surface area contributed by atoms with Crippen LogP contribution in [0.4, 0.5) is 0 Å². The second kappa shape index (κ2) is 9.56. The molecule has 6 heteroatoms. The highest BCUT2D eigenvalue weighted by molar-refractivity contribution is 5.78. The van der Waals surface area contributed by atoms with Crippen molar-refractivity contribution in [2.45, 2.75) is 44.6 Å². The topological polar surface area (TPSA) is 54.0 Å². The van der Waals surface area contributed by atoms with Crippen molar-refractivity contribution in [3.63, 3.8) is 0 Å². The van der Waals surface area contributed by atoms with Gasteiger partial charge in [-0.15, -0.1) is 0 Å². The van der Waals surface area contributed by atoms with E-state index in [0.717, 1.165) is 44.2 Å². The number of fused-ring (bicyclic) bond motifs is 1. The zero-order chi connectivity index (χ0) is 21.1. The summed E-state index contributed by atoms with van der Waals surface area (Å²) < 4.78 is 11.0. The third kappa shape index (κ3) is 4.30. The third-order valence-corrected chi connectivity index (χ3v) is 7.58. The van der Waals surface area contributed by atoms with Gasteiger partial charge in [-0.25, -0.2) is 0 Å². The number of hydrogen-bond acceptors (Lipinski definition) is 5. The molecule has 0 spiro atoms. The van der Waals surface area contributed by atoms with E-state index in [-0.39, 0.29) is 11.9 Å². The number of methoxy groups -OCH3 is 2. The molecule has 1 aliphatic heterocycles. The lowest BCUT2D eigenvalue weighted by Crippen LogP contribution is -2.60. The number of rotatable bonds is 7. The number of carbonyl (C=O) groups excluding carboxylic acids is 1. The predicted molar refractivity (Wildman–Crippen MR) is 118 cm³/mol. The molecule has 1 aromatic carbocycles. The molecule has 0 bridgehead atoms. The Morgan fingerprint density at radius 3 is 2.33 bits per heavy atom. The summed E-state index contributed by atoms with van der Waals surface area (Å²) in [6.45, 7) is 7.91. The fraction of sp³-hybridized carbons (Fsp3) is 0.708. The Kier molecular flexibility index (Phi) is 6.84. The minimum absolute atomic E-state index is 0.180. The van der Waals surface area contributed by atoms with E-state index in [0.29, 0.717) is 24.3 Å². The predicted octanol–water partition coefficient (Wildman–Crippen LogP) is 2.73. The Morgan fingerprint density at radius 2 is 1.67 bits per heavy atom. The summed E-state index contributed by atoms with van der Waals surface area (Å²) in [5.74, 6) is 3.35. The van der Waals surface area contributed by atoms with E-state index in [4.69, 9.17) is 9.47 Å². The summed E-state index contributed by atoms with van der Waals surface area (Å²) in [5.41, 5.74) is 1.26. The van der Waals surface area contributed by atoms with Crippen LogP contribution in [0.5, 0.6) is 11.5 Å². The van der Waals surface area contributed by atoms with Crippen molar-refractivity contribution in [2.24, 2.45) is 11.8 Å². The molecule has 2 saturated carbocycles. The van der Waals surface area contributed by atoms with Gasteiger partial charge in [0, 0.05) is 38.1 Å². The lowest BCUT2D eigenvalue weighted by atomic mass is 9.53. The summed E-state index contributed by atoms with van der Waals surface area (Å²) in [5, 5.41) is 3.44. The van der Waals surface area contributed by atoms with Crippen molar-refractivity contribution in [1.82, 2.24) is 15.1 Å². The molecule has 30 heavy (non-hydrogen) atoms. The number of nitrogens with zero attached hydrogens (tertiary/aromatic N) is 2. The minimum Gasteiger partial charge on any atom is -0.493 e. The van der Waals surface area contributed by atoms with Gasteiger partial charge in [0.1, 0.15) is 0 Å². The molecule has 0 radical (unpaired) electrons. The number of hydrogen-bond donors (Lipinski definition) is 1. The number of carbonyl (C=O) groups is 1. The molecular formula is C24H37N3O3. The summed E-state index contributed by atoms with van der Waals surface area (Å²) in [6, 6.07) is 6.49. The maximum Gasteiger partial charge on any atom is 0.234 e. The van der Waals surface area contributed by atoms with Crippen molar-refractivity contribution in [3.05, 3.63) is 23.8 Å². The highest BCUT2D eigenvalue weighted by Gasteiger charge is 2.52. The van der Waals surface area contributed by atoms with Crippen LogP contribution in [0.25, 0.3) is 0 Å². The third-order valence-electron chi connectivity index (χ3n) is 7.58. The Hall–Kier alpha value is -1.79. The van der Waals surface area contributed by atoms with Gasteiger partial charge in [0.15, 0.2) is 11.5 Å². The van der Waals surface area contributed by atoms with E-state index in [1.807, 2.05) is 6.07 Å². The summed E-state index contributed by atoms with van der Waals surface area (Å²) in [4.78, 5) is 17.7. The van der Waals surface area contributed by atoms with E-state index >= 15 is 0 Å². The fourth-order valence-corrected chi connectivity index (χ4v) is 5.88. The maximum absolute atomic E-state index is 12.9. The highest BCUT2D eigenvalue weighted by Crippen LogP contribution is 2.55. The standard InChI is InChI=1S/C24H37N3O3/c1-4-26-11-13-27(14-12-26)16-22(28)25-24-19-8-6-5-7-18(19)23(24)17-9-10-20(29-2)21(15-17)30-3/h9-10,15,18-19,23-24H,4-8,11-14,16H2,1-3H3,(H,25,28)/t18?,19?,23-,24-/m0/s1. The number of ether oxygens (including phenoxy) is 2. The van der Waals surface area contributed by atoms with Crippen LogP contribution in [-0.2, 0) is 4.79 Å². The molecule has 1 amide bonds. The molecule has 2 aliphatic carbocycles. The van der Waals surface area contributed by atoms with Gasteiger partial charge in [-0.05, 0) is 48.9 Å². The molecule has 166 valence electrons. The van der Waals surface area contributed by atoms with Crippen molar-refractivity contribution in [2.75, 3.05) is 53.5 Å². The van der Waals surface area contributed by atoms with Crippen molar-refractivity contribution < 1.29 is 14.3 Å². The summed E-state index contributed by atoms with van der Waals surface area (Å²) in [6.07, 6.45) is 5.07. The monoisotopic (exact) mass is 415 g/mol. The first-order valence-corrected chi connectivity index (χ1v) is 11.6. The molecule has 1 aromatic rings. The highest BCUT2D eigenvalue weighted by atomic mass is 16.5. The zero-order valence-electron chi connectivity index (χ0n) is 18.7. The molecule has 1 saturated heterocycles. The molecule has 4 rings (SSSR count). The molecule has 0 aromatic heterocycles. The number of nitrogens with one attached hydrogen (secondary N) is 1. The Balaban J connectivity index is 1.43. The molecular weight excluding hydrogens is 378 g/mol. The first-order chi connectivity index (χ1) is 14.6. The second-order valence-electron chi connectivity index (χ2n) is 9.06. The molecule has 3 aliphatic rings. The van der Waals surface area contributed by atoms with Gasteiger partial charge >= 0.3 is 0 Å². The van der Waals surface area contributed by atoms with Crippen LogP contribution in [0, 0.1) is 11.8 Å². The van der Waals surface area contributed by atoms with Crippen LogP contribution in [0.15, 0.2) is 18.2 Å². The zero-order valence-corrected chi connectivity index (χ0v) is 18.7. The van der Waals surface area contributed by atoms with E-state index < -0.39 is 0 Å². The van der Waals surface area contributed by atoms with Gasteiger partial charge in [0.25, 0.3) is 0 Å². The Morgan fingerprint density at radius 1 is 1.00 bits per heavy atom. The van der Waals surface area contributed by atoms with Crippen LogP contribution in [0.1, 0.15) is 44.1 Å². The molecule has 1 heterocycles. The van der Waals surface area contributed by atoms with Gasteiger partial charge in [0.2, 0.25) is 5.91 Å². The first-order valence-electron chi connectivity index (χ1n) is 11.6. The van der Waals surface area contributed by atoms with E-state index in [9.17, 15) is 4.79 Å². The maximum atomic E-state index is 12.9. The van der Waals surface area contributed by atoms with Gasteiger partial charge in [-0.3, -0.25) is 9.69 Å². The Bertz CT molecular complexity index is 732. The Labute approximate surface area is 180 Å². The van der Waals surface area contributed by atoms with E-state index in [2.05, 4.69) is 34.2 Å². The summed E-state index contributed by atoms with van der Waals surface area (Å²) in [7, 11) is 3.35. The lowest BCUT2D eigenvalue weighted by Gasteiger charge is -2.55. The number of benzene rings is 1. The molecule has 3 fully saturated rings. The van der Waals surface area contributed by atoms with Crippen LogP contribution in [0.2, 0.25) is 0 Å². The lowest BCUT2D eigenvalue weighted by molar-refractivity contribution is -0.126. The normalized spacial score (nSPS) is 29.6. The minimum atomic E-state index is 0.180. The molecule has 4 atom stereocenters. The largest absolute Gasteiger partial charge is 0.493 e. The van der Waals surface area contributed by atoms with Gasteiger partial charge in [-0.2, -0.15) is 0 Å². The number of likely N-dealkylation sites (N-methyl/N-ethyl adjacent to an activating group) is 1. The molecule has 6 nitrogen and oxygen atoms in total. The van der Waals surface area contributed by atoms with Crippen molar-refractivity contribution >= 4 is 5.91 Å². The smallest absolute Gasteiger partial charge is 0.234 e. The summed E-state index contributed by atoms with van der Waals surface area (Å²) >= 11 is 0. The van der Waals surface area contributed by atoms with E-state index in [1.165, 1.54) is 31.2 Å². The van der Waals surface area contributed by atoms with Crippen LogP contribution in [0.3, 0.4) is 0 Å². The molecule has 1 N–H and O–H groups in total. The van der Waals surface area contributed by atoms with Gasteiger partial charge in [0.05, 0.1) is 20.8 Å². The average molecular weight is 416 g/mol. The number of amides is 1. The quantitative estimate of drug-likeness (QED) is 0.742. The van der Waals surface area contributed by atoms with Crippen LogP contribution < -0.4 is 14.8 Å². The van der Waals surface area contributed by atoms with Gasteiger partial charge < -0.3 is 19.7 Å². The van der Waals surface area contributed by atoms with Crippen LogP contribution >= 0.6 is 0 Å². The van der Waals surface area contributed by atoms with E-state index in [1.54, 1.807) is 14.2 Å². The molecule has 2 unspecified atom stereocenters. The van der Waals surface area contributed by atoms with Crippen molar-refractivity contribution in [3.8, 4) is 11.5 Å². The van der Waals surface area contributed by atoms with Gasteiger partial charge in [-0.1, -0.05) is 25.8 Å². The average Bonchev–Trinajstić information content (AvgIpc) is 2.78. The second-order valence-corrected chi connectivity index (χ2v) is 9.06. The van der Waals surface area contributed by atoms with Crippen LogP contribution in [-0.4, -0.2) is 75.2 Å². The first kappa shape index (κ1) is 21.4. The fourth-order valence-electron chi connectivity index (χ4n) is 5.88.